The maximum atomic E-state index is 4.18. The molecule has 0 aliphatic heterocycles. The van der Waals surface area contributed by atoms with Gasteiger partial charge in [-0.2, -0.15) is 5.10 Å². The van der Waals surface area contributed by atoms with Crippen LogP contribution in [0.25, 0.3) is 0 Å². The average Bonchev–Trinajstić information content (AvgIpc) is 2.80. The Morgan fingerprint density at radius 3 is 2.94 bits per heavy atom. The third-order valence-electron chi connectivity index (χ3n) is 2.64. The van der Waals surface area contributed by atoms with E-state index in [4.69, 9.17) is 0 Å². The van der Waals surface area contributed by atoms with E-state index in [0.717, 1.165) is 18.8 Å². The van der Waals surface area contributed by atoms with Gasteiger partial charge in [0.25, 0.3) is 0 Å². The van der Waals surface area contributed by atoms with Gasteiger partial charge in [-0.15, -0.1) is 11.8 Å². The first-order chi connectivity index (χ1) is 8.78. The van der Waals surface area contributed by atoms with Crippen LogP contribution in [0.15, 0.2) is 41.6 Å². The smallest absolute Gasteiger partial charge is 0.0530 e. The van der Waals surface area contributed by atoms with Crippen LogP contribution < -0.4 is 5.32 Å². The second kappa shape index (κ2) is 6.61. The van der Waals surface area contributed by atoms with Crippen LogP contribution in [0.2, 0.25) is 0 Å². The van der Waals surface area contributed by atoms with E-state index in [2.05, 4.69) is 47.8 Å². The molecule has 0 bridgehead atoms. The van der Waals surface area contributed by atoms with E-state index in [1.165, 1.54) is 16.0 Å². The molecule has 18 heavy (non-hydrogen) atoms. The zero-order valence-electron chi connectivity index (χ0n) is 10.9. The van der Waals surface area contributed by atoms with Crippen molar-refractivity contribution < 1.29 is 0 Å². The van der Waals surface area contributed by atoms with Gasteiger partial charge in [-0.25, -0.2) is 0 Å². The molecule has 1 heterocycles. The molecular weight excluding hydrogens is 242 g/mol. The van der Waals surface area contributed by atoms with Crippen molar-refractivity contribution in [2.24, 2.45) is 7.05 Å². The Hall–Kier alpha value is -1.26. The molecule has 0 radical (unpaired) electrons. The minimum atomic E-state index is 0.942. The molecule has 0 amide bonds. The molecular formula is C14H19N3S. The summed E-state index contributed by atoms with van der Waals surface area (Å²) in [6.07, 6.45) is 3.99. The zero-order chi connectivity index (χ0) is 12.8. The summed E-state index contributed by atoms with van der Waals surface area (Å²) in [5.41, 5.74) is 2.60. The van der Waals surface area contributed by atoms with Crippen molar-refractivity contribution in [3.63, 3.8) is 0 Å². The molecule has 1 aromatic carbocycles. The highest BCUT2D eigenvalue weighted by Crippen LogP contribution is 2.23. The van der Waals surface area contributed by atoms with Crippen molar-refractivity contribution in [3.05, 3.63) is 47.8 Å². The van der Waals surface area contributed by atoms with Crippen molar-refractivity contribution in [1.82, 2.24) is 15.1 Å². The Bertz CT molecular complexity index is 493. The van der Waals surface area contributed by atoms with E-state index in [0.29, 0.717) is 0 Å². The Balaban J connectivity index is 1.92. The van der Waals surface area contributed by atoms with Gasteiger partial charge in [-0.3, -0.25) is 4.68 Å². The van der Waals surface area contributed by atoms with Gasteiger partial charge in [0.05, 0.1) is 6.20 Å². The first kappa shape index (κ1) is 13.2. The molecule has 4 heteroatoms. The number of aromatic nitrogens is 2. The number of hydrogen-bond donors (Lipinski definition) is 1. The molecule has 0 fully saturated rings. The summed E-state index contributed by atoms with van der Waals surface area (Å²) in [5, 5.41) is 7.53. The monoisotopic (exact) mass is 261 g/mol. The average molecular weight is 261 g/mol. The summed E-state index contributed by atoms with van der Waals surface area (Å²) in [5.74, 6) is 0.971. The lowest BCUT2D eigenvalue weighted by atomic mass is 10.2. The molecule has 2 aromatic rings. The van der Waals surface area contributed by atoms with E-state index in [9.17, 15) is 0 Å². The number of thioether (sulfide) groups is 1. The molecule has 0 atom stereocenters. The summed E-state index contributed by atoms with van der Waals surface area (Å²) in [6.45, 7) is 4.08. The number of benzene rings is 1. The highest BCUT2D eigenvalue weighted by atomic mass is 32.2. The molecule has 2 rings (SSSR count). The molecule has 3 nitrogen and oxygen atoms in total. The normalized spacial score (nSPS) is 10.8. The van der Waals surface area contributed by atoms with Crippen LogP contribution in [-0.4, -0.2) is 16.3 Å². The molecule has 96 valence electrons. The lowest BCUT2D eigenvalue weighted by molar-refractivity contribution is 0.725. The summed E-state index contributed by atoms with van der Waals surface area (Å²) in [7, 11) is 1.95. The van der Waals surface area contributed by atoms with Gasteiger partial charge >= 0.3 is 0 Å². The molecule has 0 unspecified atom stereocenters. The molecule has 0 saturated carbocycles. The van der Waals surface area contributed by atoms with Gasteiger partial charge < -0.3 is 5.32 Å². The summed E-state index contributed by atoms with van der Waals surface area (Å²) >= 11 is 1.85. The summed E-state index contributed by atoms with van der Waals surface area (Å²) in [6, 6.07) is 8.70. The highest BCUT2D eigenvalue weighted by Gasteiger charge is 2.00. The molecule has 0 aliphatic carbocycles. The van der Waals surface area contributed by atoms with Crippen LogP contribution in [0.4, 0.5) is 0 Å². The van der Waals surface area contributed by atoms with E-state index < -0.39 is 0 Å². The van der Waals surface area contributed by atoms with Crippen LogP contribution in [0.5, 0.6) is 0 Å². The second-order valence-corrected chi connectivity index (χ2v) is 5.29. The van der Waals surface area contributed by atoms with Gasteiger partial charge in [-0.05, 0) is 24.2 Å². The fourth-order valence-corrected chi connectivity index (χ4v) is 2.62. The van der Waals surface area contributed by atoms with Crippen molar-refractivity contribution in [2.45, 2.75) is 24.1 Å². The number of aryl methyl sites for hydroxylation is 1. The molecule has 0 spiro atoms. The lowest BCUT2D eigenvalue weighted by Gasteiger charge is -2.05. The van der Waals surface area contributed by atoms with Crippen molar-refractivity contribution in [1.29, 1.82) is 0 Å². The Kier molecular flexibility index (Phi) is 4.84. The topological polar surface area (TPSA) is 29.9 Å². The highest BCUT2D eigenvalue weighted by molar-refractivity contribution is 7.98. The fourth-order valence-electron chi connectivity index (χ4n) is 1.73. The van der Waals surface area contributed by atoms with E-state index >= 15 is 0 Å². The number of hydrogen-bond acceptors (Lipinski definition) is 3. The zero-order valence-corrected chi connectivity index (χ0v) is 11.7. The number of nitrogens with one attached hydrogen (secondary N) is 1. The van der Waals surface area contributed by atoms with Crippen LogP contribution in [0, 0.1) is 0 Å². The van der Waals surface area contributed by atoms with Gasteiger partial charge in [0.2, 0.25) is 0 Å². The van der Waals surface area contributed by atoms with Crippen LogP contribution in [0.1, 0.15) is 18.1 Å². The predicted octanol–water partition coefficient (Wildman–Crippen LogP) is 2.82. The molecule has 1 aromatic heterocycles. The van der Waals surface area contributed by atoms with Crippen molar-refractivity contribution in [2.75, 3.05) is 6.54 Å². The maximum absolute atomic E-state index is 4.18. The Labute approximate surface area is 113 Å². The molecule has 1 N–H and O–H groups in total. The molecule has 0 aliphatic rings. The quantitative estimate of drug-likeness (QED) is 0.811. The largest absolute Gasteiger partial charge is 0.313 e. The second-order valence-electron chi connectivity index (χ2n) is 4.24. The van der Waals surface area contributed by atoms with Crippen molar-refractivity contribution in [3.8, 4) is 0 Å². The van der Waals surface area contributed by atoms with Crippen LogP contribution >= 0.6 is 11.8 Å². The number of rotatable bonds is 6. The first-order valence-corrected chi connectivity index (χ1v) is 7.16. The predicted molar refractivity (Wildman–Crippen MR) is 76.6 cm³/mol. The lowest BCUT2D eigenvalue weighted by Crippen LogP contribution is -2.11. The SMILES string of the molecule is CCNCc1cccc(SCc2cnn(C)c2)c1. The van der Waals surface area contributed by atoms with Gasteiger partial charge in [0.15, 0.2) is 0 Å². The summed E-state index contributed by atoms with van der Waals surface area (Å²) in [4.78, 5) is 1.31. The van der Waals surface area contributed by atoms with Crippen LogP contribution in [-0.2, 0) is 19.3 Å². The van der Waals surface area contributed by atoms with Gasteiger partial charge in [0.1, 0.15) is 0 Å². The standard InChI is InChI=1S/C14H19N3S/c1-3-15-8-12-5-4-6-14(7-12)18-11-13-9-16-17(2)10-13/h4-7,9-10,15H,3,8,11H2,1-2H3. The Morgan fingerprint density at radius 1 is 1.33 bits per heavy atom. The fraction of sp³-hybridized carbons (Fsp3) is 0.357. The van der Waals surface area contributed by atoms with Gasteiger partial charge in [0, 0.05) is 36.0 Å². The van der Waals surface area contributed by atoms with Crippen molar-refractivity contribution >= 4 is 11.8 Å². The molecule has 0 saturated heterocycles. The third kappa shape index (κ3) is 3.89. The minimum Gasteiger partial charge on any atom is -0.313 e. The third-order valence-corrected chi connectivity index (χ3v) is 3.71. The van der Waals surface area contributed by atoms with E-state index in [-0.39, 0.29) is 0 Å². The number of nitrogens with zero attached hydrogens (tertiary/aromatic N) is 2. The maximum Gasteiger partial charge on any atom is 0.0530 e. The van der Waals surface area contributed by atoms with Gasteiger partial charge in [-0.1, -0.05) is 19.1 Å². The first-order valence-electron chi connectivity index (χ1n) is 6.18. The van der Waals surface area contributed by atoms with Crippen LogP contribution in [0.3, 0.4) is 0 Å². The van der Waals surface area contributed by atoms with E-state index in [1.54, 1.807) is 0 Å². The van der Waals surface area contributed by atoms with E-state index in [1.807, 2.05) is 29.7 Å². The Morgan fingerprint density at radius 2 is 2.22 bits per heavy atom. The minimum absolute atomic E-state index is 0.942. The summed E-state index contributed by atoms with van der Waals surface area (Å²) < 4.78 is 1.84.